The smallest absolute Gasteiger partial charge is 0.225 e. The van der Waals surface area contributed by atoms with Crippen molar-refractivity contribution in [2.75, 3.05) is 6.54 Å². The maximum absolute atomic E-state index is 12.4. The van der Waals surface area contributed by atoms with E-state index in [0.29, 0.717) is 6.54 Å². The molecule has 3 unspecified atom stereocenters. The summed E-state index contributed by atoms with van der Waals surface area (Å²) >= 11 is 0. The Labute approximate surface area is 133 Å². The summed E-state index contributed by atoms with van der Waals surface area (Å²) in [5, 5.41) is 3.00. The van der Waals surface area contributed by atoms with Crippen molar-refractivity contribution in [3.63, 3.8) is 0 Å². The predicted octanol–water partition coefficient (Wildman–Crippen LogP) is 2.79. The van der Waals surface area contributed by atoms with Crippen LogP contribution in [0.2, 0.25) is 0 Å². The molecule has 122 valence electrons. The van der Waals surface area contributed by atoms with Crippen molar-refractivity contribution in [2.24, 2.45) is 11.7 Å². The van der Waals surface area contributed by atoms with Gasteiger partial charge in [0.25, 0.3) is 0 Å². The van der Waals surface area contributed by atoms with Gasteiger partial charge in [0.2, 0.25) is 5.91 Å². The second-order valence-corrected chi connectivity index (χ2v) is 6.74. The number of ether oxygens (including phenoxy) is 1. The third-order valence-corrected chi connectivity index (χ3v) is 4.56. The molecule has 3 atom stereocenters. The SMILES string of the molecule is Cc1ccccc1OC(C)CNC(=O)C1CCCCC1(C)N. The number of amides is 1. The van der Waals surface area contributed by atoms with Gasteiger partial charge in [-0.2, -0.15) is 0 Å². The van der Waals surface area contributed by atoms with Crippen LogP contribution in [-0.4, -0.2) is 24.1 Å². The van der Waals surface area contributed by atoms with Gasteiger partial charge in [0.15, 0.2) is 0 Å². The molecule has 1 aliphatic rings. The monoisotopic (exact) mass is 304 g/mol. The Bertz CT molecular complexity index is 514. The van der Waals surface area contributed by atoms with Crippen molar-refractivity contribution >= 4 is 5.91 Å². The first-order valence-corrected chi connectivity index (χ1v) is 8.19. The molecular formula is C18H28N2O2. The molecule has 4 heteroatoms. The summed E-state index contributed by atoms with van der Waals surface area (Å²) in [6.45, 7) is 6.47. The minimum absolute atomic E-state index is 0.0601. The zero-order chi connectivity index (χ0) is 16.2. The normalized spacial score (nSPS) is 26.3. The van der Waals surface area contributed by atoms with Crippen molar-refractivity contribution in [1.29, 1.82) is 0 Å². The Balaban J connectivity index is 1.84. The molecule has 2 rings (SSSR count). The van der Waals surface area contributed by atoms with E-state index >= 15 is 0 Å². The molecule has 0 heterocycles. The number of carbonyl (C=O) groups excluding carboxylic acids is 1. The minimum atomic E-state index is -0.386. The van der Waals surface area contributed by atoms with Gasteiger partial charge >= 0.3 is 0 Å². The Morgan fingerprint density at radius 1 is 1.45 bits per heavy atom. The fourth-order valence-corrected chi connectivity index (χ4v) is 3.10. The van der Waals surface area contributed by atoms with E-state index in [2.05, 4.69) is 5.32 Å². The predicted molar refractivity (Wildman–Crippen MR) is 88.8 cm³/mol. The lowest BCUT2D eigenvalue weighted by atomic mass is 9.74. The standard InChI is InChI=1S/C18H28N2O2/c1-13-8-4-5-10-16(13)22-14(2)12-20-17(21)15-9-6-7-11-18(15,3)19/h4-5,8,10,14-15H,6-7,9,11-12,19H2,1-3H3,(H,20,21). The fraction of sp³-hybridized carbons (Fsp3) is 0.611. The molecule has 1 aliphatic carbocycles. The van der Waals surface area contributed by atoms with Gasteiger partial charge in [-0.15, -0.1) is 0 Å². The van der Waals surface area contributed by atoms with E-state index in [-0.39, 0.29) is 23.5 Å². The average Bonchev–Trinajstić information content (AvgIpc) is 2.47. The summed E-state index contributed by atoms with van der Waals surface area (Å²) in [5.74, 6) is 0.836. The highest BCUT2D eigenvalue weighted by atomic mass is 16.5. The van der Waals surface area contributed by atoms with Gasteiger partial charge in [0.05, 0.1) is 12.5 Å². The van der Waals surface area contributed by atoms with Crippen LogP contribution in [0.4, 0.5) is 0 Å². The number of carbonyl (C=O) groups is 1. The van der Waals surface area contributed by atoms with Crippen LogP contribution >= 0.6 is 0 Å². The molecule has 0 saturated heterocycles. The molecule has 4 nitrogen and oxygen atoms in total. The molecule has 1 aromatic carbocycles. The van der Waals surface area contributed by atoms with Gasteiger partial charge < -0.3 is 15.8 Å². The van der Waals surface area contributed by atoms with E-state index in [1.165, 1.54) is 0 Å². The van der Waals surface area contributed by atoms with Gasteiger partial charge in [-0.25, -0.2) is 0 Å². The fourth-order valence-electron chi connectivity index (χ4n) is 3.10. The van der Waals surface area contributed by atoms with E-state index in [9.17, 15) is 4.79 Å². The molecule has 0 aromatic heterocycles. The molecule has 1 saturated carbocycles. The second kappa shape index (κ2) is 7.14. The van der Waals surface area contributed by atoms with Gasteiger partial charge in [0, 0.05) is 5.54 Å². The van der Waals surface area contributed by atoms with Crippen LogP contribution in [0.1, 0.15) is 45.1 Å². The van der Waals surface area contributed by atoms with E-state index in [0.717, 1.165) is 37.0 Å². The number of nitrogens with two attached hydrogens (primary N) is 1. The summed E-state index contributed by atoms with van der Waals surface area (Å²) in [7, 11) is 0. The summed E-state index contributed by atoms with van der Waals surface area (Å²) in [5.41, 5.74) is 6.99. The Morgan fingerprint density at radius 3 is 2.86 bits per heavy atom. The zero-order valence-corrected chi connectivity index (χ0v) is 13.9. The quantitative estimate of drug-likeness (QED) is 0.879. The van der Waals surface area contributed by atoms with E-state index in [1.54, 1.807) is 0 Å². The van der Waals surface area contributed by atoms with Crippen LogP contribution in [0, 0.1) is 12.8 Å². The van der Waals surface area contributed by atoms with Crippen LogP contribution in [0.15, 0.2) is 24.3 Å². The summed E-state index contributed by atoms with van der Waals surface area (Å²) in [6.07, 6.45) is 3.92. The molecule has 1 aromatic rings. The number of hydrogen-bond donors (Lipinski definition) is 2. The van der Waals surface area contributed by atoms with Crippen molar-refractivity contribution in [1.82, 2.24) is 5.32 Å². The molecule has 0 aliphatic heterocycles. The lowest BCUT2D eigenvalue weighted by molar-refractivity contribution is -0.128. The first kappa shape index (κ1) is 16.8. The Hall–Kier alpha value is -1.55. The molecule has 22 heavy (non-hydrogen) atoms. The molecule has 0 spiro atoms. The van der Waals surface area contributed by atoms with Crippen molar-refractivity contribution in [3.8, 4) is 5.75 Å². The molecule has 1 fully saturated rings. The Kier molecular flexibility index (Phi) is 5.46. The maximum Gasteiger partial charge on any atom is 0.225 e. The first-order valence-electron chi connectivity index (χ1n) is 8.19. The second-order valence-electron chi connectivity index (χ2n) is 6.74. The van der Waals surface area contributed by atoms with Crippen LogP contribution in [0.5, 0.6) is 5.75 Å². The van der Waals surface area contributed by atoms with E-state index < -0.39 is 0 Å². The third-order valence-electron chi connectivity index (χ3n) is 4.56. The first-order chi connectivity index (χ1) is 10.4. The van der Waals surface area contributed by atoms with Gasteiger partial charge in [-0.3, -0.25) is 4.79 Å². The topological polar surface area (TPSA) is 64.3 Å². The number of nitrogens with one attached hydrogen (secondary N) is 1. The summed E-state index contributed by atoms with van der Waals surface area (Å²) in [6, 6.07) is 7.91. The van der Waals surface area contributed by atoms with Gasteiger partial charge in [0.1, 0.15) is 11.9 Å². The number of hydrogen-bond acceptors (Lipinski definition) is 3. The lowest BCUT2D eigenvalue weighted by Crippen LogP contribution is -2.53. The Morgan fingerprint density at radius 2 is 2.18 bits per heavy atom. The molecule has 0 radical (unpaired) electrons. The number of para-hydroxylation sites is 1. The van der Waals surface area contributed by atoms with E-state index in [1.807, 2.05) is 45.0 Å². The highest BCUT2D eigenvalue weighted by Gasteiger charge is 2.37. The van der Waals surface area contributed by atoms with Crippen LogP contribution in [0.3, 0.4) is 0 Å². The van der Waals surface area contributed by atoms with E-state index in [4.69, 9.17) is 10.5 Å². The largest absolute Gasteiger partial charge is 0.489 e. The molecule has 3 N–H and O–H groups in total. The van der Waals surface area contributed by atoms with Crippen LogP contribution in [0.25, 0.3) is 0 Å². The van der Waals surface area contributed by atoms with Crippen molar-refractivity contribution < 1.29 is 9.53 Å². The van der Waals surface area contributed by atoms with Gasteiger partial charge in [-0.05, 0) is 45.2 Å². The van der Waals surface area contributed by atoms with Crippen molar-refractivity contribution in [2.45, 2.75) is 58.1 Å². The molecule has 0 bridgehead atoms. The third kappa shape index (κ3) is 4.23. The van der Waals surface area contributed by atoms with Crippen LogP contribution < -0.4 is 15.8 Å². The summed E-state index contributed by atoms with van der Waals surface area (Å²) < 4.78 is 5.89. The number of aryl methyl sites for hydroxylation is 1. The maximum atomic E-state index is 12.4. The van der Waals surface area contributed by atoms with Gasteiger partial charge in [-0.1, -0.05) is 31.0 Å². The lowest BCUT2D eigenvalue weighted by Gasteiger charge is -2.37. The number of benzene rings is 1. The van der Waals surface area contributed by atoms with Crippen molar-refractivity contribution in [3.05, 3.63) is 29.8 Å². The zero-order valence-electron chi connectivity index (χ0n) is 13.9. The minimum Gasteiger partial charge on any atom is -0.489 e. The number of rotatable bonds is 5. The van der Waals surface area contributed by atoms with Crippen LogP contribution in [-0.2, 0) is 4.79 Å². The summed E-state index contributed by atoms with van der Waals surface area (Å²) in [4.78, 5) is 12.4. The molecule has 1 amide bonds. The highest BCUT2D eigenvalue weighted by Crippen LogP contribution is 2.31. The average molecular weight is 304 g/mol. The highest BCUT2D eigenvalue weighted by molar-refractivity contribution is 5.80. The molecular weight excluding hydrogens is 276 g/mol.